The highest BCUT2D eigenvalue weighted by atomic mass is 19.2. The van der Waals surface area contributed by atoms with Gasteiger partial charge in [-0.05, 0) is 30.3 Å². The van der Waals surface area contributed by atoms with Crippen LogP contribution in [0.15, 0.2) is 36.4 Å². The normalized spacial score (nSPS) is 10.6. The van der Waals surface area contributed by atoms with Crippen LogP contribution in [-0.2, 0) is 0 Å². The highest BCUT2D eigenvalue weighted by Crippen LogP contribution is 2.23. The Balaban J connectivity index is 2.21. The van der Waals surface area contributed by atoms with Crippen LogP contribution in [0.4, 0.5) is 8.78 Å². The number of nitrogens with zero attached hydrogens (tertiary/aromatic N) is 2. The highest BCUT2D eigenvalue weighted by molar-refractivity contribution is 5.84. The van der Waals surface area contributed by atoms with E-state index in [4.69, 9.17) is 5.26 Å². The van der Waals surface area contributed by atoms with Crippen molar-refractivity contribution in [2.75, 3.05) is 0 Å². The molecular formula is C14H7F2N3. The SMILES string of the molecule is N#Cc1cccc2[nH]c(-c3ccc(F)c(F)c3)nc12. The van der Waals surface area contributed by atoms with Gasteiger partial charge in [-0.3, -0.25) is 0 Å². The summed E-state index contributed by atoms with van der Waals surface area (Å²) in [6.45, 7) is 0. The Morgan fingerprint density at radius 3 is 2.68 bits per heavy atom. The molecule has 0 atom stereocenters. The summed E-state index contributed by atoms with van der Waals surface area (Å²) in [5.41, 5.74) is 2.06. The Hall–Kier alpha value is -2.74. The van der Waals surface area contributed by atoms with Gasteiger partial charge in [-0.15, -0.1) is 0 Å². The second-order valence-corrected chi connectivity index (χ2v) is 4.03. The minimum atomic E-state index is -0.932. The van der Waals surface area contributed by atoms with Crippen molar-refractivity contribution in [2.24, 2.45) is 0 Å². The zero-order valence-electron chi connectivity index (χ0n) is 9.61. The number of halogens is 2. The van der Waals surface area contributed by atoms with Gasteiger partial charge in [-0.25, -0.2) is 13.8 Å². The number of benzene rings is 2. The first-order chi connectivity index (χ1) is 9.19. The van der Waals surface area contributed by atoms with Gasteiger partial charge in [0.2, 0.25) is 0 Å². The molecule has 1 heterocycles. The molecule has 1 N–H and O–H groups in total. The Morgan fingerprint density at radius 2 is 1.95 bits per heavy atom. The van der Waals surface area contributed by atoms with E-state index in [9.17, 15) is 8.78 Å². The standard InChI is InChI=1S/C14H7F2N3/c15-10-5-4-8(6-11(10)16)14-18-12-3-1-2-9(7-17)13(12)19-14/h1-6H,(H,18,19). The summed E-state index contributed by atoms with van der Waals surface area (Å²) in [5.74, 6) is -1.44. The molecule has 0 fully saturated rings. The topological polar surface area (TPSA) is 52.5 Å². The predicted molar refractivity (Wildman–Crippen MR) is 66.2 cm³/mol. The molecule has 0 unspecified atom stereocenters. The summed E-state index contributed by atoms with van der Waals surface area (Å²) in [4.78, 5) is 7.24. The van der Waals surface area contributed by atoms with E-state index in [0.29, 0.717) is 28.0 Å². The fourth-order valence-corrected chi connectivity index (χ4v) is 1.90. The Labute approximate surface area is 107 Å². The van der Waals surface area contributed by atoms with Crippen molar-refractivity contribution in [3.63, 3.8) is 0 Å². The molecule has 0 saturated heterocycles. The van der Waals surface area contributed by atoms with Gasteiger partial charge in [0.1, 0.15) is 17.4 Å². The van der Waals surface area contributed by atoms with Gasteiger partial charge in [-0.2, -0.15) is 5.26 Å². The average molecular weight is 255 g/mol. The highest BCUT2D eigenvalue weighted by Gasteiger charge is 2.10. The second kappa shape index (κ2) is 4.18. The maximum absolute atomic E-state index is 13.2. The Kier molecular flexibility index (Phi) is 2.50. The Morgan fingerprint density at radius 1 is 1.11 bits per heavy atom. The molecule has 3 rings (SSSR count). The maximum Gasteiger partial charge on any atom is 0.159 e. The number of aromatic nitrogens is 2. The number of nitrogens with one attached hydrogen (secondary N) is 1. The zero-order chi connectivity index (χ0) is 13.4. The van der Waals surface area contributed by atoms with Gasteiger partial charge in [0.15, 0.2) is 11.6 Å². The molecule has 0 spiro atoms. The number of fused-ring (bicyclic) bond motifs is 1. The molecule has 0 radical (unpaired) electrons. The lowest BCUT2D eigenvalue weighted by Crippen LogP contribution is -1.86. The smallest absolute Gasteiger partial charge is 0.159 e. The zero-order valence-corrected chi connectivity index (χ0v) is 9.61. The summed E-state index contributed by atoms with van der Waals surface area (Å²) in [5, 5.41) is 8.98. The van der Waals surface area contributed by atoms with Gasteiger partial charge in [0, 0.05) is 5.56 Å². The van der Waals surface area contributed by atoms with E-state index in [1.807, 2.05) is 6.07 Å². The molecular weight excluding hydrogens is 248 g/mol. The van der Waals surface area contributed by atoms with Gasteiger partial charge in [0.25, 0.3) is 0 Å². The van der Waals surface area contributed by atoms with Crippen LogP contribution in [0.1, 0.15) is 5.56 Å². The largest absolute Gasteiger partial charge is 0.338 e. The van der Waals surface area contributed by atoms with Crippen LogP contribution in [0.2, 0.25) is 0 Å². The van der Waals surface area contributed by atoms with Gasteiger partial charge in [0.05, 0.1) is 11.1 Å². The third-order valence-electron chi connectivity index (χ3n) is 2.83. The van der Waals surface area contributed by atoms with E-state index in [1.165, 1.54) is 6.07 Å². The minimum absolute atomic E-state index is 0.400. The molecule has 0 aliphatic carbocycles. The van der Waals surface area contributed by atoms with Crippen molar-refractivity contribution in [3.8, 4) is 17.5 Å². The quantitative estimate of drug-likeness (QED) is 0.724. The van der Waals surface area contributed by atoms with Crippen LogP contribution in [0, 0.1) is 23.0 Å². The van der Waals surface area contributed by atoms with Crippen LogP contribution in [0.5, 0.6) is 0 Å². The van der Waals surface area contributed by atoms with Crippen molar-refractivity contribution in [3.05, 3.63) is 53.6 Å². The molecule has 0 aliphatic rings. The first kappa shape index (κ1) is 11.4. The Bertz CT molecular complexity index is 815. The molecule has 92 valence electrons. The van der Waals surface area contributed by atoms with Crippen molar-refractivity contribution in [1.29, 1.82) is 5.26 Å². The van der Waals surface area contributed by atoms with Crippen molar-refractivity contribution in [2.45, 2.75) is 0 Å². The fraction of sp³-hybridized carbons (Fsp3) is 0. The number of nitriles is 1. The summed E-state index contributed by atoms with van der Waals surface area (Å²) in [6.07, 6.45) is 0. The summed E-state index contributed by atoms with van der Waals surface area (Å²) >= 11 is 0. The van der Waals surface area contributed by atoms with Gasteiger partial charge >= 0.3 is 0 Å². The summed E-state index contributed by atoms with van der Waals surface area (Å²) in [7, 11) is 0. The van der Waals surface area contributed by atoms with E-state index in [2.05, 4.69) is 9.97 Å². The van der Waals surface area contributed by atoms with Crippen molar-refractivity contribution < 1.29 is 8.78 Å². The van der Waals surface area contributed by atoms with E-state index in [1.54, 1.807) is 18.2 Å². The third kappa shape index (κ3) is 1.83. The summed E-state index contributed by atoms with van der Waals surface area (Å²) < 4.78 is 26.1. The molecule has 2 aromatic carbocycles. The molecule has 0 bridgehead atoms. The molecule has 0 saturated carbocycles. The maximum atomic E-state index is 13.2. The van der Waals surface area contributed by atoms with Crippen LogP contribution in [0.25, 0.3) is 22.4 Å². The minimum Gasteiger partial charge on any atom is -0.338 e. The molecule has 3 aromatic rings. The molecule has 19 heavy (non-hydrogen) atoms. The van der Waals surface area contributed by atoms with E-state index in [0.717, 1.165) is 12.1 Å². The molecule has 1 aromatic heterocycles. The van der Waals surface area contributed by atoms with Gasteiger partial charge < -0.3 is 4.98 Å². The van der Waals surface area contributed by atoms with E-state index < -0.39 is 11.6 Å². The number of para-hydroxylation sites is 1. The van der Waals surface area contributed by atoms with Crippen LogP contribution in [-0.4, -0.2) is 9.97 Å². The number of aromatic amines is 1. The first-order valence-electron chi connectivity index (χ1n) is 5.53. The van der Waals surface area contributed by atoms with Crippen molar-refractivity contribution >= 4 is 11.0 Å². The molecule has 3 nitrogen and oxygen atoms in total. The monoisotopic (exact) mass is 255 g/mol. The second-order valence-electron chi connectivity index (χ2n) is 4.03. The number of hydrogen-bond donors (Lipinski definition) is 1. The van der Waals surface area contributed by atoms with Crippen LogP contribution in [0.3, 0.4) is 0 Å². The van der Waals surface area contributed by atoms with Crippen LogP contribution >= 0.6 is 0 Å². The number of H-pyrrole nitrogens is 1. The average Bonchev–Trinajstić information content (AvgIpc) is 2.85. The van der Waals surface area contributed by atoms with Crippen molar-refractivity contribution in [1.82, 2.24) is 9.97 Å². The molecule has 0 aliphatic heterocycles. The molecule has 0 amide bonds. The first-order valence-corrected chi connectivity index (χ1v) is 5.53. The van der Waals surface area contributed by atoms with Crippen LogP contribution < -0.4 is 0 Å². The van der Waals surface area contributed by atoms with E-state index >= 15 is 0 Å². The number of rotatable bonds is 1. The predicted octanol–water partition coefficient (Wildman–Crippen LogP) is 3.38. The van der Waals surface area contributed by atoms with E-state index in [-0.39, 0.29) is 0 Å². The lowest BCUT2D eigenvalue weighted by atomic mass is 10.2. The molecule has 5 heteroatoms. The van der Waals surface area contributed by atoms with Gasteiger partial charge in [-0.1, -0.05) is 6.07 Å². The third-order valence-corrected chi connectivity index (χ3v) is 2.83. The fourth-order valence-electron chi connectivity index (χ4n) is 1.90. The lowest BCUT2D eigenvalue weighted by Gasteiger charge is -1.97. The summed E-state index contributed by atoms with van der Waals surface area (Å²) in [6, 6.07) is 10.7. The number of imidazole rings is 1. The number of hydrogen-bond acceptors (Lipinski definition) is 2. The lowest BCUT2D eigenvalue weighted by molar-refractivity contribution is 0.509.